The predicted octanol–water partition coefficient (Wildman–Crippen LogP) is -4.43. The molecule has 0 aliphatic carbocycles. The van der Waals surface area contributed by atoms with Gasteiger partial charge in [0.2, 0.25) is 0 Å². The number of carboxylic acid groups (broad SMARTS) is 5. The van der Waals surface area contributed by atoms with Gasteiger partial charge in [0.05, 0.1) is 23.9 Å². The molecule has 0 aliphatic heterocycles. The van der Waals surface area contributed by atoms with Crippen LogP contribution in [0, 0.1) is 0 Å². The van der Waals surface area contributed by atoms with Crippen molar-refractivity contribution in [1.29, 1.82) is 0 Å². The Kier molecular flexibility index (Phi) is 48.3. The maximum atomic E-state index is 9.25. The van der Waals surface area contributed by atoms with Crippen molar-refractivity contribution in [2.75, 3.05) is 0 Å². The van der Waals surface area contributed by atoms with Crippen molar-refractivity contribution in [3.05, 3.63) is 63.3 Å². The molecule has 0 rings (SSSR count). The van der Waals surface area contributed by atoms with Crippen LogP contribution in [0.4, 0.5) is 0 Å². The van der Waals surface area contributed by atoms with Gasteiger partial charge in [-0.15, -0.1) is 0 Å². The van der Waals surface area contributed by atoms with Crippen LogP contribution in [-0.2, 0) is 24.0 Å². The molecule has 10 nitrogen and oxygen atoms in total. The Labute approximate surface area is 154 Å². The molecule has 0 spiro atoms. The minimum Gasteiger partial charge on any atom is -0.545 e. The van der Waals surface area contributed by atoms with Crippen molar-refractivity contribution in [3.63, 3.8) is 0 Å². The molecule has 0 unspecified atom stereocenters. The number of hydrogen-bond acceptors (Lipinski definition) is 9. The Hall–Kier alpha value is -3.73. The van der Waals surface area contributed by atoms with Gasteiger partial charge in [-0.3, -0.25) is 0 Å². The maximum Gasteiger partial charge on any atom is 4.00 e. The third-order valence-electron chi connectivity index (χ3n) is 0.841. The van der Waals surface area contributed by atoms with E-state index >= 15 is 0 Å². The third-order valence-corrected chi connectivity index (χ3v) is 0.841. The Bertz CT molecular complexity index is 390. The second kappa shape index (κ2) is 33.0. The van der Waals surface area contributed by atoms with E-state index in [0.29, 0.717) is 0 Å². The van der Waals surface area contributed by atoms with Crippen molar-refractivity contribution < 1.29 is 49.5 Å². The fourth-order valence-corrected chi connectivity index (χ4v) is 0. The molecule has 0 atom stereocenters. The Morgan fingerprint density at radius 2 is 0.615 bits per heavy atom. The fourth-order valence-electron chi connectivity index (χ4n) is 0. The molecule has 0 radical (unpaired) electrons. The molecule has 140 valence electrons. The number of carbonyl (C=O) groups excluding carboxylic acids is 4. The van der Waals surface area contributed by atoms with Gasteiger partial charge in [0, 0.05) is 6.08 Å². The zero-order chi connectivity index (χ0) is 21.4. The molecule has 26 heavy (non-hydrogen) atoms. The summed E-state index contributed by atoms with van der Waals surface area (Å²) in [4.78, 5) is 45.8. The minimum absolute atomic E-state index is 0. The predicted molar refractivity (Wildman–Crippen MR) is 84.4 cm³/mol. The molecule has 0 aliphatic rings. The molecular weight excluding hydrogens is 368 g/mol. The Morgan fingerprint density at radius 3 is 0.615 bits per heavy atom. The summed E-state index contributed by atoms with van der Waals surface area (Å²) in [6, 6.07) is 0. The normalized spacial score (nSPS) is 6.15. The van der Waals surface area contributed by atoms with E-state index in [0.717, 1.165) is 30.4 Å². The largest absolute Gasteiger partial charge is 4.00 e. The SMILES string of the molecule is C=CC(=O)O.C=CC(=O)[O-].C=CC(=O)[O-].C=CC(=O)[O-].C=CC(=O)[O-].[Si+4]. The molecule has 0 aromatic rings. The molecule has 0 bridgehead atoms. The third kappa shape index (κ3) is 192. The van der Waals surface area contributed by atoms with E-state index in [9.17, 15) is 4.79 Å². The summed E-state index contributed by atoms with van der Waals surface area (Å²) >= 11 is 0. The minimum atomic E-state index is -1.23. The zero-order valence-electron chi connectivity index (χ0n) is 13.5. The maximum absolute atomic E-state index is 9.25. The van der Waals surface area contributed by atoms with E-state index in [1.165, 1.54) is 0 Å². The molecule has 0 aromatic carbocycles. The second-order valence-electron chi connectivity index (χ2n) is 2.64. The van der Waals surface area contributed by atoms with Gasteiger partial charge in [0.15, 0.2) is 0 Å². The topological polar surface area (TPSA) is 198 Å². The van der Waals surface area contributed by atoms with Crippen molar-refractivity contribution in [2.24, 2.45) is 0 Å². The fraction of sp³-hybridized carbons (Fsp3) is 0. The Balaban J connectivity index is -0.0000000476. The van der Waals surface area contributed by atoms with Crippen LogP contribution in [0.5, 0.6) is 0 Å². The van der Waals surface area contributed by atoms with Crippen molar-refractivity contribution in [3.8, 4) is 0 Å². The van der Waals surface area contributed by atoms with E-state index in [1.807, 2.05) is 0 Å². The van der Waals surface area contributed by atoms with Crippen molar-refractivity contribution in [2.45, 2.75) is 0 Å². The van der Waals surface area contributed by atoms with Crippen molar-refractivity contribution >= 4 is 40.8 Å². The van der Waals surface area contributed by atoms with Crippen LogP contribution in [0.3, 0.4) is 0 Å². The van der Waals surface area contributed by atoms with Gasteiger partial charge in [0.25, 0.3) is 0 Å². The summed E-state index contributed by atoms with van der Waals surface area (Å²) in [5, 5.41) is 44.2. The van der Waals surface area contributed by atoms with Gasteiger partial charge in [-0.05, 0) is 24.3 Å². The summed E-state index contributed by atoms with van der Waals surface area (Å²) in [6.07, 6.45) is 3.72. The number of carboxylic acids is 5. The van der Waals surface area contributed by atoms with Gasteiger partial charge >= 0.3 is 16.9 Å². The molecule has 0 saturated heterocycles. The summed E-state index contributed by atoms with van der Waals surface area (Å²) in [5.41, 5.74) is 0. The first-order chi connectivity index (χ1) is 11.4. The van der Waals surface area contributed by atoms with Gasteiger partial charge in [0.1, 0.15) is 0 Å². The van der Waals surface area contributed by atoms with Crippen molar-refractivity contribution in [1.82, 2.24) is 0 Å². The van der Waals surface area contributed by atoms with Crippen LogP contribution in [-0.4, -0.2) is 45.9 Å². The number of aliphatic carboxylic acids is 5. The van der Waals surface area contributed by atoms with E-state index in [1.54, 1.807) is 0 Å². The van der Waals surface area contributed by atoms with Crippen LogP contribution in [0.2, 0.25) is 0 Å². The first-order valence-corrected chi connectivity index (χ1v) is 5.55. The zero-order valence-corrected chi connectivity index (χ0v) is 14.5. The van der Waals surface area contributed by atoms with Crippen LogP contribution in [0.25, 0.3) is 0 Å². The van der Waals surface area contributed by atoms with Crippen LogP contribution < -0.4 is 20.4 Å². The summed E-state index contributed by atoms with van der Waals surface area (Å²) in [6.45, 7) is 14.6. The van der Waals surface area contributed by atoms with E-state index in [2.05, 4.69) is 32.9 Å². The van der Waals surface area contributed by atoms with Crippen LogP contribution >= 0.6 is 0 Å². The molecule has 0 heterocycles. The summed E-state index contributed by atoms with van der Waals surface area (Å²) < 4.78 is 0. The smallest absolute Gasteiger partial charge is 0.545 e. The number of rotatable bonds is 5. The van der Waals surface area contributed by atoms with Gasteiger partial charge in [-0.25, -0.2) is 4.79 Å². The number of hydrogen-bond donors (Lipinski definition) is 1. The first-order valence-electron chi connectivity index (χ1n) is 5.55. The molecule has 1 N–H and O–H groups in total. The summed E-state index contributed by atoms with van der Waals surface area (Å²) in [7, 11) is 0. The average Bonchev–Trinajstić information content (AvgIpc) is 2.56. The van der Waals surface area contributed by atoms with E-state index in [4.69, 9.17) is 44.7 Å². The van der Waals surface area contributed by atoms with Gasteiger partial charge < -0.3 is 44.7 Å². The van der Waals surface area contributed by atoms with E-state index in [-0.39, 0.29) is 11.0 Å². The average molecular weight is 384 g/mol. The van der Waals surface area contributed by atoms with Crippen LogP contribution in [0.1, 0.15) is 0 Å². The molecule has 0 amide bonds. The molecule has 0 aromatic heterocycles. The quantitative estimate of drug-likeness (QED) is 0.356. The monoisotopic (exact) mass is 384 g/mol. The molecular formula is C15H16O10Si. The van der Waals surface area contributed by atoms with Crippen LogP contribution in [0.15, 0.2) is 63.3 Å². The van der Waals surface area contributed by atoms with Gasteiger partial charge in [-0.2, -0.15) is 0 Å². The standard InChI is InChI=1S/5C3H4O2.Si/c5*1-2-3(4)5;/h5*2H,1H2,(H,4,5);/q;;;;;+4/p-4. The Morgan fingerprint density at radius 1 is 0.538 bits per heavy atom. The molecule has 0 fully saturated rings. The molecule has 11 heteroatoms. The van der Waals surface area contributed by atoms with E-state index < -0.39 is 29.8 Å². The summed E-state index contributed by atoms with van der Waals surface area (Å²) in [5.74, 6) is -5.91. The van der Waals surface area contributed by atoms with Gasteiger partial charge in [-0.1, -0.05) is 32.9 Å². The number of carbonyl (C=O) groups is 5. The first kappa shape index (κ1) is 38.1. The second-order valence-corrected chi connectivity index (χ2v) is 2.64. The molecule has 0 saturated carbocycles.